The number of rotatable bonds is 18. The molecule has 454 valence electrons. The molecule has 0 spiro atoms. The monoisotopic (exact) mass is 1160 g/mol. The number of likely N-dealkylation sites (N-methyl/N-ethyl adjacent to an activating group) is 1. The highest BCUT2D eigenvalue weighted by molar-refractivity contribution is 6.34. The van der Waals surface area contributed by atoms with Crippen LogP contribution in [0.3, 0.4) is 0 Å². The standard InChI is InChI=1S/C57H86ClN5O18/c1-15-41-57(10)49(80-54(70)81-57)30(4)44(61-73-14)28(2)25-55(8,71)48(79-53-46(66)40(62(11)12)22-29(3)74-53)31(5)47(32(6)52(69)76-41)78-43-26-56(9,72-13)50(33(7)75-43)77-42(64)18-19-59-20-21-60-38-23-35-39(24-37(38)58)63(34-16-17-34)27-36(45(35)65)51(67)68/h23-24,27-34,40-41,43,46-50,53,59-60,66,71H,15-22,25-26H2,1-14H3,(H,67,68)/b61-44+/t28-,29-,30+,31+,32-,33+,40+,41-,43+,46-,47?,48-,49+,50+,53+,55-,56-,57-/m1/s1. The van der Waals surface area contributed by atoms with E-state index in [9.17, 15) is 39.3 Å². The number of fused-ring (bicyclic) bond motifs is 2. The van der Waals surface area contributed by atoms with Gasteiger partial charge in [-0.1, -0.05) is 44.5 Å². The van der Waals surface area contributed by atoms with Crippen LogP contribution in [0.4, 0.5) is 10.5 Å². The van der Waals surface area contributed by atoms with Crippen molar-refractivity contribution < 1.29 is 82.0 Å². The fourth-order valence-corrected chi connectivity index (χ4v) is 12.9. The molecule has 7 rings (SSSR count). The number of carboxylic acid groups (broad SMARTS) is 1. The maximum absolute atomic E-state index is 14.8. The number of aliphatic hydroxyl groups excluding tert-OH is 1. The molecule has 23 nitrogen and oxygen atoms in total. The van der Waals surface area contributed by atoms with Crippen molar-refractivity contribution in [2.75, 3.05) is 53.3 Å². The molecule has 0 amide bonds. The molecule has 5 aliphatic rings. The summed E-state index contributed by atoms with van der Waals surface area (Å²) in [4.78, 5) is 73.8. The van der Waals surface area contributed by atoms with Crippen molar-refractivity contribution in [3.63, 3.8) is 0 Å². The summed E-state index contributed by atoms with van der Waals surface area (Å²) in [5.74, 6) is -5.78. The van der Waals surface area contributed by atoms with Crippen LogP contribution in [0, 0.1) is 23.7 Å². The average molecular weight is 1160 g/mol. The number of oxime groups is 1. The molecule has 4 saturated heterocycles. The maximum Gasteiger partial charge on any atom is 0.509 e. The summed E-state index contributed by atoms with van der Waals surface area (Å²) in [6, 6.07) is 2.99. The number of esters is 2. The Balaban J connectivity index is 1.08. The van der Waals surface area contributed by atoms with E-state index in [0.29, 0.717) is 41.4 Å². The van der Waals surface area contributed by atoms with E-state index in [1.807, 2.05) is 37.4 Å². The van der Waals surface area contributed by atoms with Gasteiger partial charge in [0.15, 0.2) is 30.4 Å². The third kappa shape index (κ3) is 14.0. The summed E-state index contributed by atoms with van der Waals surface area (Å²) in [6.07, 6.45) is -7.04. The number of carboxylic acids is 1. The maximum atomic E-state index is 14.8. The predicted octanol–water partition coefficient (Wildman–Crippen LogP) is 6.05. The zero-order valence-electron chi connectivity index (χ0n) is 49.2. The van der Waals surface area contributed by atoms with E-state index < -0.39 is 125 Å². The van der Waals surface area contributed by atoms with Crippen molar-refractivity contribution in [1.29, 1.82) is 0 Å². The zero-order valence-corrected chi connectivity index (χ0v) is 50.0. The van der Waals surface area contributed by atoms with Gasteiger partial charge in [-0.15, -0.1) is 0 Å². The molecule has 0 radical (unpaired) electrons. The minimum Gasteiger partial charge on any atom is -0.477 e. The van der Waals surface area contributed by atoms with Crippen LogP contribution in [-0.2, 0) is 57.1 Å². The molecule has 5 fully saturated rings. The number of aliphatic hydroxyl groups is 2. The van der Waals surface area contributed by atoms with Crippen LogP contribution in [0.15, 0.2) is 28.3 Å². The molecule has 18 atom stereocenters. The third-order valence-electron chi connectivity index (χ3n) is 17.1. The number of pyridine rings is 1. The molecule has 1 unspecified atom stereocenters. The Morgan fingerprint density at radius 1 is 0.938 bits per heavy atom. The first kappa shape index (κ1) is 63.9. The Morgan fingerprint density at radius 2 is 1.64 bits per heavy atom. The largest absolute Gasteiger partial charge is 0.509 e. The van der Waals surface area contributed by atoms with Crippen molar-refractivity contribution in [3.8, 4) is 0 Å². The number of ether oxygens (including phenoxy) is 9. The molecule has 1 aromatic carbocycles. The molecule has 0 bridgehead atoms. The van der Waals surface area contributed by atoms with Gasteiger partial charge in [0.05, 0.1) is 64.3 Å². The number of carbonyl (C=O) groups is 4. The van der Waals surface area contributed by atoms with Gasteiger partial charge < -0.3 is 82.9 Å². The lowest BCUT2D eigenvalue weighted by Crippen LogP contribution is -2.61. The van der Waals surface area contributed by atoms with Crippen LogP contribution < -0.4 is 16.1 Å². The molecular formula is C57H86ClN5O18. The number of cyclic esters (lactones) is 1. The number of nitrogens with one attached hydrogen (secondary N) is 2. The SMILES string of the molecule is CC[C@H]1OC(=O)[C@H](C)C(O[C@H]2C[C@@](C)(OC)[C@@H](OC(=O)CCNCCNc3cc4c(=O)c(C(=O)O)cn(C5CC5)c4cc3Cl)[C@H](C)O2)[C@H](C)[C@@H](O[C@@H]2O[C@H](C)C[C@H](N(C)C)[C@H]2O)[C@](C)(O)C[C@@H](C)/C(=N\OC)[C@H](C)[C@@H]2OC(=O)O[C@]12C. The highest BCUT2D eigenvalue weighted by Gasteiger charge is 2.59. The van der Waals surface area contributed by atoms with E-state index in [0.717, 1.165) is 12.8 Å². The van der Waals surface area contributed by atoms with Crippen molar-refractivity contribution in [3.05, 3.63) is 39.1 Å². The lowest BCUT2D eigenvalue weighted by molar-refractivity contribution is -0.318. The number of carbonyl (C=O) groups excluding carboxylic acids is 3. The Hall–Kier alpha value is -4.69. The normalized spacial score (nSPS) is 37.5. The Labute approximate surface area is 478 Å². The number of benzene rings is 1. The number of hydrogen-bond donors (Lipinski definition) is 5. The van der Waals surface area contributed by atoms with Gasteiger partial charge >= 0.3 is 24.1 Å². The number of halogens is 1. The second-order valence-electron chi connectivity index (χ2n) is 23.7. The molecule has 1 aromatic heterocycles. The van der Waals surface area contributed by atoms with Crippen LogP contribution in [-0.4, -0.2) is 187 Å². The summed E-state index contributed by atoms with van der Waals surface area (Å²) in [5.41, 5.74) is -3.89. The predicted molar refractivity (Wildman–Crippen MR) is 297 cm³/mol. The number of nitrogens with zero attached hydrogens (tertiary/aromatic N) is 3. The highest BCUT2D eigenvalue weighted by Crippen LogP contribution is 2.44. The molecule has 4 aliphatic heterocycles. The van der Waals surface area contributed by atoms with Crippen LogP contribution in [0.25, 0.3) is 10.9 Å². The van der Waals surface area contributed by atoms with Crippen LogP contribution >= 0.6 is 11.6 Å². The minimum absolute atomic E-state index is 0.00785. The molecule has 5 heterocycles. The van der Waals surface area contributed by atoms with Crippen LogP contribution in [0.5, 0.6) is 0 Å². The van der Waals surface area contributed by atoms with Crippen molar-refractivity contribution in [1.82, 2.24) is 14.8 Å². The molecule has 24 heteroatoms. The summed E-state index contributed by atoms with van der Waals surface area (Å²) < 4.78 is 58.7. The van der Waals surface area contributed by atoms with Crippen molar-refractivity contribution in [2.24, 2.45) is 28.8 Å². The van der Waals surface area contributed by atoms with Gasteiger partial charge in [0.2, 0.25) is 5.43 Å². The first-order valence-electron chi connectivity index (χ1n) is 28.3. The highest BCUT2D eigenvalue weighted by atomic mass is 35.5. The quantitative estimate of drug-likeness (QED) is 0.0492. The summed E-state index contributed by atoms with van der Waals surface area (Å²) >= 11 is 6.65. The third-order valence-corrected chi connectivity index (χ3v) is 17.5. The zero-order chi connectivity index (χ0) is 59.6. The smallest absolute Gasteiger partial charge is 0.477 e. The van der Waals surface area contributed by atoms with Crippen molar-refractivity contribution in [2.45, 2.75) is 204 Å². The van der Waals surface area contributed by atoms with Crippen molar-refractivity contribution >= 4 is 58.0 Å². The summed E-state index contributed by atoms with van der Waals surface area (Å²) in [5, 5.41) is 46.0. The van der Waals surface area contributed by atoms with E-state index >= 15 is 0 Å². The van der Waals surface area contributed by atoms with Crippen LogP contribution in [0.2, 0.25) is 5.02 Å². The van der Waals surface area contributed by atoms with Gasteiger partial charge in [-0.05, 0) is 99.9 Å². The molecule has 2 aromatic rings. The van der Waals surface area contributed by atoms with Gasteiger partial charge in [-0.3, -0.25) is 14.4 Å². The molecule has 1 saturated carbocycles. The second-order valence-corrected chi connectivity index (χ2v) is 24.1. The molecule has 1 aliphatic carbocycles. The average Bonchev–Trinajstić information content (AvgIpc) is 4.23. The number of anilines is 1. The Bertz CT molecular complexity index is 2670. The molecular weight excluding hydrogens is 1080 g/mol. The van der Waals surface area contributed by atoms with E-state index in [1.54, 1.807) is 67.5 Å². The Morgan fingerprint density at radius 3 is 2.27 bits per heavy atom. The lowest BCUT2D eigenvalue weighted by Gasteiger charge is -2.49. The van der Waals surface area contributed by atoms with Gasteiger partial charge in [0.25, 0.3) is 0 Å². The lowest BCUT2D eigenvalue weighted by atomic mass is 9.73. The number of hydrogen-bond acceptors (Lipinski definition) is 21. The van der Waals surface area contributed by atoms with Crippen LogP contribution in [0.1, 0.15) is 131 Å². The second kappa shape index (κ2) is 26.1. The number of methoxy groups -OCH3 is 1. The number of aromatic nitrogens is 1. The van der Waals surface area contributed by atoms with Gasteiger partial charge in [-0.25, -0.2) is 9.59 Å². The van der Waals surface area contributed by atoms with Gasteiger partial charge in [0, 0.05) is 74.6 Å². The summed E-state index contributed by atoms with van der Waals surface area (Å²) in [6.45, 7) is 18.5. The van der Waals surface area contributed by atoms with E-state index in [2.05, 4.69) is 15.8 Å². The Kier molecular flexibility index (Phi) is 20.6. The van der Waals surface area contributed by atoms with Gasteiger partial charge in [-0.2, -0.15) is 0 Å². The topological polar surface area (TPSA) is 283 Å². The first-order valence-corrected chi connectivity index (χ1v) is 28.7. The van der Waals surface area contributed by atoms with Gasteiger partial charge in [0.1, 0.15) is 30.5 Å². The summed E-state index contributed by atoms with van der Waals surface area (Å²) in [7, 11) is 6.59. The van der Waals surface area contributed by atoms with E-state index in [4.69, 9.17) is 59.1 Å². The van der Waals surface area contributed by atoms with E-state index in [1.165, 1.54) is 20.4 Å². The molecule has 81 heavy (non-hydrogen) atoms. The first-order chi connectivity index (χ1) is 38.1. The minimum atomic E-state index is -1.79. The number of aromatic carboxylic acids is 1. The fourth-order valence-electron chi connectivity index (χ4n) is 12.6. The van der Waals surface area contributed by atoms with E-state index in [-0.39, 0.29) is 61.4 Å². The fraction of sp³-hybridized carbons (Fsp3) is 0.754. The molecule has 5 N–H and O–H groups in total.